The molecule has 1 unspecified atom stereocenters. The van der Waals surface area contributed by atoms with Gasteiger partial charge < -0.3 is 14.7 Å². The zero-order chi connectivity index (χ0) is 17.4. The second-order valence-corrected chi connectivity index (χ2v) is 8.19. The first kappa shape index (κ1) is 17.3. The molecule has 4 nitrogen and oxygen atoms in total. The minimum Gasteiger partial charge on any atom is -0.444 e. The quantitative estimate of drug-likeness (QED) is 0.902. The number of amides is 1. The molecule has 1 saturated heterocycles. The number of nitrogens with zero attached hydrogens (tertiary/aromatic N) is 1. The first-order valence-electron chi connectivity index (χ1n) is 9.03. The number of rotatable bonds is 2. The smallest absolute Gasteiger partial charge is 0.410 e. The van der Waals surface area contributed by atoms with E-state index in [-0.39, 0.29) is 18.1 Å². The molecule has 1 N–H and O–H groups in total. The molecule has 1 aliphatic heterocycles. The number of hydrogen-bond acceptors (Lipinski definition) is 3. The third-order valence-electron chi connectivity index (χ3n) is 5.59. The number of carbonyl (C=O) groups is 1. The zero-order valence-corrected chi connectivity index (χ0v) is 15.0. The van der Waals surface area contributed by atoms with Gasteiger partial charge in [0.15, 0.2) is 0 Å². The Morgan fingerprint density at radius 2 is 1.96 bits per heavy atom. The number of ether oxygens (including phenoxy) is 1. The van der Waals surface area contributed by atoms with Crippen LogP contribution in [0.5, 0.6) is 0 Å². The summed E-state index contributed by atoms with van der Waals surface area (Å²) in [4.78, 5) is 14.2. The Bertz CT molecular complexity index is 597. The molecule has 1 heterocycles. The van der Waals surface area contributed by atoms with Gasteiger partial charge in [-0.2, -0.15) is 0 Å². The minimum absolute atomic E-state index is 0.109. The fraction of sp³-hybridized carbons (Fsp3) is 0.650. The Balaban J connectivity index is 1.76. The van der Waals surface area contributed by atoms with Crippen LogP contribution in [0, 0.1) is 5.92 Å². The molecule has 1 amide bonds. The molecule has 0 aromatic heterocycles. The van der Waals surface area contributed by atoms with E-state index in [1.807, 2.05) is 25.7 Å². The molecule has 2 aliphatic rings. The van der Waals surface area contributed by atoms with Crippen LogP contribution in [0.1, 0.15) is 51.2 Å². The van der Waals surface area contributed by atoms with Gasteiger partial charge in [0.1, 0.15) is 5.60 Å². The van der Waals surface area contributed by atoms with Crippen LogP contribution in [-0.2, 0) is 16.6 Å². The molecule has 4 heteroatoms. The van der Waals surface area contributed by atoms with E-state index in [1.54, 1.807) is 0 Å². The Hall–Kier alpha value is -1.55. The number of piperidine rings is 1. The fourth-order valence-corrected chi connectivity index (χ4v) is 4.49. The van der Waals surface area contributed by atoms with E-state index in [0.29, 0.717) is 5.92 Å². The molecule has 0 saturated carbocycles. The van der Waals surface area contributed by atoms with Gasteiger partial charge in [0.2, 0.25) is 0 Å². The topological polar surface area (TPSA) is 49.8 Å². The molecule has 3 rings (SSSR count). The van der Waals surface area contributed by atoms with Crippen LogP contribution in [-0.4, -0.2) is 41.4 Å². The molecule has 1 spiro atoms. The Labute approximate surface area is 144 Å². The molecule has 0 bridgehead atoms. The Morgan fingerprint density at radius 3 is 2.58 bits per heavy atom. The molecular formula is C20H29NO3. The average molecular weight is 331 g/mol. The number of carbonyl (C=O) groups excluding carboxylic acids is 1. The SMILES string of the molecule is CC(C)(C)OC(=O)N1CCC2(CC1)c1ccccc1CC2CCO. The van der Waals surface area contributed by atoms with Gasteiger partial charge in [-0.25, -0.2) is 4.79 Å². The molecular weight excluding hydrogens is 302 g/mol. The summed E-state index contributed by atoms with van der Waals surface area (Å²) in [6.45, 7) is 7.40. The summed E-state index contributed by atoms with van der Waals surface area (Å²) >= 11 is 0. The van der Waals surface area contributed by atoms with Crippen LogP contribution in [0.25, 0.3) is 0 Å². The van der Waals surface area contributed by atoms with Crippen LogP contribution >= 0.6 is 0 Å². The molecule has 1 aromatic carbocycles. The van der Waals surface area contributed by atoms with E-state index in [9.17, 15) is 9.90 Å². The van der Waals surface area contributed by atoms with Gasteiger partial charge >= 0.3 is 6.09 Å². The lowest BCUT2D eigenvalue weighted by molar-refractivity contribution is 0.0124. The van der Waals surface area contributed by atoms with Crippen molar-refractivity contribution in [1.29, 1.82) is 0 Å². The van der Waals surface area contributed by atoms with E-state index >= 15 is 0 Å². The number of likely N-dealkylation sites (tertiary alicyclic amines) is 1. The Kier molecular flexibility index (Phi) is 4.60. The largest absolute Gasteiger partial charge is 0.444 e. The van der Waals surface area contributed by atoms with Gasteiger partial charge in [-0.1, -0.05) is 24.3 Å². The fourth-order valence-electron chi connectivity index (χ4n) is 4.49. The predicted molar refractivity (Wildman–Crippen MR) is 94.1 cm³/mol. The van der Waals surface area contributed by atoms with Crippen molar-refractivity contribution in [3.63, 3.8) is 0 Å². The summed E-state index contributed by atoms with van der Waals surface area (Å²) < 4.78 is 5.52. The third kappa shape index (κ3) is 3.16. The van der Waals surface area contributed by atoms with Crippen LogP contribution in [0.3, 0.4) is 0 Å². The third-order valence-corrected chi connectivity index (χ3v) is 5.59. The summed E-state index contributed by atoms with van der Waals surface area (Å²) in [7, 11) is 0. The van der Waals surface area contributed by atoms with Gasteiger partial charge in [-0.15, -0.1) is 0 Å². The van der Waals surface area contributed by atoms with E-state index in [1.165, 1.54) is 11.1 Å². The normalized spacial score (nSPS) is 22.5. The predicted octanol–water partition coefficient (Wildman–Crippen LogP) is 3.51. The molecule has 1 fully saturated rings. The number of hydrogen-bond donors (Lipinski definition) is 1. The number of aliphatic hydroxyl groups is 1. The standard InChI is InChI=1S/C20H29NO3/c1-19(2,3)24-18(23)21-11-9-20(10-12-21)16(8-13-22)14-15-6-4-5-7-17(15)20/h4-7,16,22H,8-14H2,1-3H3. The van der Waals surface area contributed by atoms with Crippen LogP contribution in [0.4, 0.5) is 4.79 Å². The monoisotopic (exact) mass is 331 g/mol. The van der Waals surface area contributed by atoms with Crippen molar-refractivity contribution in [2.75, 3.05) is 19.7 Å². The van der Waals surface area contributed by atoms with Crippen molar-refractivity contribution < 1.29 is 14.6 Å². The molecule has 1 atom stereocenters. The highest BCUT2D eigenvalue weighted by molar-refractivity contribution is 5.68. The van der Waals surface area contributed by atoms with Gasteiger partial charge in [0.05, 0.1) is 0 Å². The van der Waals surface area contributed by atoms with E-state index in [0.717, 1.165) is 38.8 Å². The summed E-state index contributed by atoms with van der Waals surface area (Å²) in [5, 5.41) is 9.50. The van der Waals surface area contributed by atoms with Crippen molar-refractivity contribution in [3.8, 4) is 0 Å². The molecule has 1 aromatic rings. The van der Waals surface area contributed by atoms with Gasteiger partial charge in [-0.3, -0.25) is 0 Å². The van der Waals surface area contributed by atoms with Crippen LogP contribution in [0.2, 0.25) is 0 Å². The highest BCUT2D eigenvalue weighted by Crippen LogP contribution is 2.51. The van der Waals surface area contributed by atoms with Crippen molar-refractivity contribution >= 4 is 6.09 Å². The zero-order valence-electron chi connectivity index (χ0n) is 15.0. The summed E-state index contributed by atoms with van der Waals surface area (Å²) in [5.74, 6) is 0.473. The van der Waals surface area contributed by atoms with E-state index in [4.69, 9.17) is 4.74 Å². The number of benzene rings is 1. The maximum Gasteiger partial charge on any atom is 0.410 e. The number of fused-ring (bicyclic) bond motifs is 2. The van der Waals surface area contributed by atoms with Crippen molar-refractivity contribution in [3.05, 3.63) is 35.4 Å². The average Bonchev–Trinajstić information content (AvgIpc) is 2.81. The van der Waals surface area contributed by atoms with Gasteiger partial charge in [0.25, 0.3) is 0 Å². The lowest BCUT2D eigenvalue weighted by Crippen LogP contribution is -2.48. The number of aliphatic hydroxyl groups excluding tert-OH is 1. The lowest BCUT2D eigenvalue weighted by Gasteiger charge is -2.44. The van der Waals surface area contributed by atoms with Crippen LogP contribution in [0.15, 0.2) is 24.3 Å². The van der Waals surface area contributed by atoms with Crippen molar-refractivity contribution in [1.82, 2.24) is 4.90 Å². The summed E-state index contributed by atoms with van der Waals surface area (Å²) in [6, 6.07) is 8.68. The summed E-state index contributed by atoms with van der Waals surface area (Å²) in [6.07, 6.45) is 3.58. The first-order chi connectivity index (χ1) is 11.4. The minimum atomic E-state index is -0.453. The van der Waals surface area contributed by atoms with E-state index in [2.05, 4.69) is 24.3 Å². The highest BCUT2D eigenvalue weighted by atomic mass is 16.6. The molecule has 132 valence electrons. The molecule has 24 heavy (non-hydrogen) atoms. The molecule has 0 radical (unpaired) electrons. The lowest BCUT2D eigenvalue weighted by atomic mass is 9.67. The molecule has 1 aliphatic carbocycles. The van der Waals surface area contributed by atoms with Crippen molar-refractivity contribution in [2.45, 2.75) is 57.5 Å². The maximum absolute atomic E-state index is 12.3. The van der Waals surface area contributed by atoms with Crippen LogP contribution < -0.4 is 0 Å². The van der Waals surface area contributed by atoms with E-state index < -0.39 is 5.60 Å². The Morgan fingerprint density at radius 1 is 1.29 bits per heavy atom. The van der Waals surface area contributed by atoms with Gasteiger partial charge in [0, 0.05) is 25.1 Å². The maximum atomic E-state index is 12.3. The van der Waals surface area contributed by atoms with Crippen molar-refractivity contribution in [2.24, 2.45) is 5.92 Å². The first-order valence-corrected chi connectivity index (χ1v) is 9.03. The highest BCUT2D eigenvalue weighted by Gasteiger charge is 2.48. The van der Waals surface area contributed by atoms with Gasteiger partial charge in [-0.05, 0) is 63.5 Å². The second-order valence-electron chi connectivity index (χ2n) is 8.19. The summed E-state index contributed by atoms with van der Waals surface area (Å²) in [5.41, 5.74) is 2.51. The second kappa shape index (κ2) is 6.40.